The van der Waals surface area contributed by atoms with Crippen molar-refractivity contribution in [3.8, 4) is 5.69 Å². The van der Waals surface area contributed by atoms with Crippen LogP contribution in [0.3, 0.4) is 0 Å². The number of thioether (sulfide) groups is 1. The predicted octanol–water partition coefficient (Wildman–Crippen LogP) is 5.80. The van der Waals surface area contributed by atoms with Crippen molar-refractivity contribution in [1.82, 2.24) is 9.47 Å². The second-order valence-corrected chi connectivity index (χ2v) is 9.32. The molecule has 154 valence electrons. The molecular weight excluding hydrogens is 378 g/mol. The SMILES string of the molecule is Cc1ccc(-n2c(C)cc(/C=C3/SC(=NC(C)C)N(C(C)C)C3=O)c2C)cc1C. The van der Waals surface area contributed by atoms with Gasteiger partial charge in [0.05, 0.1) is 4.91 Å². The molecule has 5 heteroatoms. The van der Waals surface area contributed by atoms with E-state index in [1.807, 2.05) is 33.8 Å². The van der Waals surface area contributed by atoms with E-state index in [2.05, 4.69) is 61.5 Å². The van der Waals surface area contributed by atoms with Crippen LogP contribution in [0, 0.1) is 27.7 Å². The van der Waals surface area contributed by atoms with E-state index in [9.17, 15) is 4.79 Å². The van der Waals surface area contributed by atoms with Crippen LogP contribution in [0.15, 0.2) is 34.2 Å². The molecule has 1 aromatic heterocycles. The molecule has 1 saturated heterocycles. The molecule has 1 aliphatic rings. The number of carbonyl (C=O) groups excluding carboxylic acids is 1. The van der Waals surface area contributed by atoms with Gasteiger partial charge in [-0.3, -0.25) is 14.7 Å². The van der Waals surface area contributed by atoms with Gasteiger partial charge in [-0.05, 0) is 108 Å². The first-order valence-corrected chi connectivity index (χ1v) is 11.0. The molecule has 1 amide bonds. The van der Waals surface area contributed by atoms with Crippen LogP contribution in [-0.2, 0) is 4.79 Å². The Kier molecular flexibility index (Phi) is 6.08. The summed E-state index contributed by atoms with van der Waals surface area (Å²) in [4.78, 5) is 20.3. The molecule has 0 spiro atoms. The van der Waals surface area contributed by atoms with E-state index >= 15 is 0 Å². The van der Waals surface area contributed by atoms with Crippen LogP contribution in [0.5, 0.6) is 0 Å². The maximum absolute atomic E-state index is 13.0. The molecule has 0 unspecified atom stereocenters. The first kappa shape index (κ1) is 21.4. The highest BCUT2D eigenvalue weighted by atomic mass is 32.2. The number of nitrogens with zero attached hydrogens (tertiary/aromatic N) is 3. The fraction of sp³-hybridized carbons (Fsp3) is 0.417. The van der Waals surface area contributed by atoms with E-state index in [0.29, 0.717) is 0 Å². The average molecular weight is 410 g/mol. The number of hydrogen-bond donors (Lipinski definition) is 0. The smallest absolute Gasteiger partial charge is 0.266 e. The Hall–Kier alpha value is -2.27. The van der Waals surface area contributed by atoms with Crippen molar-refractivity contribution in [2.24, 2.45) is 4.99 Å². The Labute approximate surface area is 178 Å². The zero-order valence-corrected chi connectivity index (χ0v) is 19.5. The van der Waals surface area contributed by atoms with Gasteiger partial charge in [-0.25, -0.2) is 0 Å². The summed E-state index contributed by atoms with van der Waals surface area (Å²) in [6.07, 6.45) is 2.02. The van der Waals surface area contributed by atoms with Crippen molar-refractivity contribution in [2.45, 2.75) is 67.5 Å². The zero-order chi connectivity index (χ0) is 21.5. The Balaban J connectivity index is 2.03. The average Bonchev–Trinajstić information content (AvgIpc) is 3.06. The Morgan fingerprint density at radius 2 is 1.69 bits per heavy atom. The van der Waals surface area contributed by atoms with E-state index in [0.717, 1.165) is 32.7 Å². The maximum Gasteiger partial charge on any atom is 0.266 e. The Morgan fingerprint density at radius 3 is 2.28 bits per heavy atom. The second-order valence-electron chi connectivity index (χ2n) is 8.32. The summed E-state index contributed by atoms with van der Waals surface area (Å²) in [6, 6.07) is 8.93. The zero-order valence-electron chi connectivity index (χ0n) is 18.7. The predicted molar refractivity (Wildman–Crippen MR) is 125 cm³/mol. The van der Waals surface area contributed by atoms with Crippen molar-refractivity contribution in [3.05, 3.63) is 57.2 Å². The van der Waals surface area contributed by atoms with E-state index in [1.54, 1.807) is 4.90 Å². The quantitative estimate of drug-likeness (QED) is 0.599. The number of hydrogen-bond acceptors (Lipinski definition) is 3. The first-order valence-electron chi connectivity index (χ1n) is 10.2. The third-order valence-corrected chi connectivity index (χ3v) is 6.22. The molecule has 0 atom stereocenters. The third kappa shape index (κ3) is 4.20. The van der Waals surface area contributed by atoms with Crippen LogP contribution in [0.4, 0.5) is 0 Å². The van der Waals surface area contributed by atoms with Gasteiger partial charge < -0.3 is 4.57 Å². The molecule has 1 aromatic carbocycles. The van der Waals surface area contributed by atoms with Gasteiger partial charge in [-0.2, -0.15) is 0 Å². The van der Waals surface area contributed by atoms with Gasteiger partial charge in [-0.15, -0.1) is 0 Å². The highest BCUT2D eigenvalue weighted by Gasteiger charge is 2.35. The highest BCUT2D eigenvalue weighted by molar-refractivity contribution is 8.18. The van der Waals surface area contributed by atoms with Gasteiger partial charge in [0, 0.05) is 29.2 Å². The monoisotopic (exact) mass is 409 g/mol. The molecule has 29 heavy (non-hydrogen) atoms. The molecule has 2 aromatic rings. The number of aliphatic imine (C=N–C) groups is 1. The van der Waals surface area contributed by atoms with Crippen LogP contribution in [0.2, 0.25) is 0 Å². The molecule has 4 nitrogen and oxygen atoms in total. The van der Waals surface area contributed by atoms with E-state index in [4.69, 9.17) is 0 Å². The molecule has 2 heterocycles. The fourth-order valence-corrected chi connectivity index (χ4v) is 4.81. The van der Waals surface area contributed by atoms with Gasteiger partial charge in [0.2, 0.25) is 0 Å². The summed E-state index contributed by atoms with van der Waals surface area (Å²) in [5.41, 5.74) is 7.09. The van der Waals surface area contributed by atoms with Gasteiger partial charge in [0.15, 0.2) is 5.17 Å². The summed E-state index contributed by atoms with van der Waals surface area (Å²) in [6.45, 7) is 16.6. The van der Waals surface area contributed by atoms with Gasteiger partial charge in [0.25, 0.3) is 5.91 Å². The topological polar surface area (TPSA) is 37.6 Å². The molecular formula is C24H31N3OS. The third-order valence-electron chi connectivity index (χ3n) is 5.23. The minimum Gasteiger partial charge on any atom is -0.318 e. The number of amides is 1. The van der Waals surface area contributed by atoms with Crippen molar-refractivity contribution < 1.29 is 4.79 Å². The van der Waals surface area contributed by atoms with Crippen molar-refractivity contribution in [1.29, 1.82) is 0 Å². The number of amidine groups is 1. The molecule has 0 aliphatic carbocycles. The summed E-state index contributed by atoms with van der Waals surface area (Å²) in [5.74, 6) is 0.0420. The summed E-state index contributed by atoms with van der Waals surface area (Å²) >= 11 is 1.48. The van der Waals surface area contributed by atoms with E-state index < -0.39 is 0 Å². The van der Waals surface area contributed by atoms with E-state index in [-0.39, 0.29) is 18.0 Å². The fourth-order valence-electron chi connectivity index (χ4n) is 3.59. The molecule has 0 radical (unpaired) electrons. The van der Waals surface area contributed by atoms with Crippen LogP contribution in [0.25, 0.3) is 11.8 Å². The van der Waals surface area contributed by atoms with Gasteiger partial charge >= 0.3 is 0 Å². The molecule has 1 fully saturated rings. The molecule has 3 rings (SSSR count). The molecule has 0 bridgehead atoms. The number of benzene rings is 1. The molecule has 1 aliphatic heterocycles. The normalized spacial score (nSPS) is 17.6. The van der Waals surface area contributed by atoms with Crippen molar-refractivity contribution >= 4 is 28.9 Å². The maximum atomic E-state index is 13.0. The Morgan fingerprint density at radius 1 is 1.00 bits per heavy atom. The Bertz CT molecular complexity index is 1010. The number of carbonyl (C=O) groups is 1. The largest absolute Gasteiger partial charge is 0.318 e. The summed E-state index contributed by atoms with van der Waals surface area (Å²) in [5, 5.41) is 0.800. The number of aryl methyl sites for hydroxylation is 3. The van der Waals surface area contributed by atoms with Gasteiger partial charge in [0.1, 0.15) is 0 Å². The molecule has 0 saturated carbocycles. The van der Waals surface area contributed by atoms with Crippen molar-refractivity contribution in [2.75, 3.05) is 0 Å². The number of rotatable bonds is 4. The molecule has 0 N–H and O–H groups in total. The van der Waals surface area contributed by atoms with Crippen LogP contribution in [-0.4, -0.2) is 32.6 Å². The second kappa shape index (κ2) is 8.23. The summed E-state index contributed by atoms with van der Waals surface area (Å²) in [7, 11) is 0. The lowest BCUT2D eigenvalue weighted by molar-refractivity contribution is -0.123. The standard InChI is InChI=1S/C24H31N3OS/c1-14(2)25-24-26(15(3)4)23(28)22(29-24)13-20-12-18(7)27(19(20)8)21-10-9-16(5)17(6)11-21/h9-15H,1-8H3/b22-13+,25-24?. The van der Waals surface area contributed by atoms with E-state index in [1.165, 1.54) is 22.9 Å². The van der Waals surface area contributed by atoms with Crippen molar-refractivity contribution in [3.63, 3.8) is 0 Å². The van der Waals surface area contributed by atoms with Gasteiger partial charge in [-0.1, -0.05) is 6.07 Å². The minimum atomic E-state index is 0.0420. The highest BCUT2D eigenvalue weighted by Crippen LogP contribution is 2.35. The first-order chi connectivity index (χ1) is 13.6. The van der Waals surface area contributed by atoms with Crippen LogP contribution in [0.1, 0.15) is 55.8 Å². The summed E-state index contributed by atoms with van der Waals surface area (Å²) < 4.78 is 2.26. The lowest BCUT2D eigenvalue weighted by atomic mass is 10.1. The minimum absolute atomic E-state index is 0.0420. The van der Waals surface area contributed by atoms with Crippen LogP contribution >= 0.6 is 11.8 Å². The number of aromatic nitrogens is 1. The lowest BCUT2D eigenvalue weighted by Crippen LogP contribution is -2.35. The van der Waals surface area contributed by atoms with Crippen LogP contribution < -0.4 is 0 Å². The lowest BCUT2D eigenvalue weighted by Gasteiger charge is -2.20.